The molecular formula is C15H11FN2O. The quantitative estimate of drug-likeness (QED) is 0.725. The van der Waals surface area contributed by atoms with Gasteiger partial charge in [-0.15, -0.1) is 0 Å². The zero-order chi connectivity index (χ0) is 13.4. The standard InChI is InChI=1S/C15H11FN2O/c16-12-5-3-9(4-6-12)10-1-2-11-8-14(15(17)19)18-13(11)7-10/h1-8,18H,(H2,17,19). The van der Waals surface area contributed by atoms with Crippen LogP contribution in [0.15, 0.2) is 48.5 Å². The Hall–Kier alpha value is -2.62. The van der Waals surface area contributed by atoms with Gasteiger partial charge in [-0.25, -0.2) is 4.39 Å². The van der Waals surface area contributed by atoms with Crippen molar-refractivity contribution in [1.29, 1.82) is 0 Å². The van der Waals surface area contributed by atoms with Crippen molar-refractivity contribution in [2.24, 2.45) is 5.73 Å². The van der Waals surface area contributed by atoms with Gasteiger partial charge in [-0.2, -0.15) is 0 Å². The molecule has 0 fully saturated rings. The van der Waals surface area contributed by atoms with Crippen LogP contribution in [0, 0.1) is 5.82 Å². The van der Waals surface area contributed by atoms with Gasteiger partial charge in [-0.1, -0.05) is 24.3 Å². The Morgan fingerprint density at radius 2 is 1.68 bits per heavy atom. The molecule has 0 aliphatic rings. The molecule has 3 aromatic rings. The lowest BCUT2D eigenvalue weighted by atomic mass is 10.0. The SMILES string of the molecule is NC(=O)c1cc2ccc(-c3ccc(F)cc3)cc2[nH]1. The maximum atomic E-state index is 12.9. The molecule has 94 valence electrons. The Kier molecular flexibility index (Phi) is 2.56. The topological polar surface area (TPSA) is 58.9 Å². The Morgan fingerprint density at radius 3 is 2.37 bits per heavy atom. The number of nitrogens with two attached hydrogens (primary N) is 1. The van der Waals surface area contributed by atoms with Gasteiger partial charge in [0.15, 0.2) is 0 Å². The number of aromatic nitrogens is 1. The molecule has 3 N–H and O–H groups in total. The summed E-state index contributed by atoms with van der Waals surface area (Å²) in [5.41, 5.74) is 8.31. The summed E-state index contributed by atoms with van der Waals surface area (Å²) in [6, 6.07) is 13.7. The number of nitrogens with one attached hydrogen (secondary N) is 1. The highest BCUT2D eigenvalue weighted by atomic mass is 19.1. The highest BCUT2D eigenvalue weighted by molar-refractivity contribution is 5.97. The van der Waals surface area contributed by atoms with Crippen molar-refractivity contribution in [2.75, 3.05) is 0 Å². The number of halogens is 1. The molecule has 0 spiro atoms. The number of hydrogen-bond acceptors (Lipinski definition) is 1. The minimum atomic E-state index is -0.487. The van der Waals surface area contributed by atoms with Crippen LogP contribution in [0.3, 0.4) is 0 Å². The zero-order valence-electron chi connectivity index (χ0n) is 9.98. The normalized spacial score (nSPS) is 10.8. The predicted molar refractivity (Wildman–Crippen MR) is 72.2 cm³/mol. The average molecular weight is 254 g/mol. The first-order chi connectivity index (χ1) is 9.13. The Balaban J connectivity index is 2.10. The third kappa shape index (κ3) is 2.08. The second-order valence-electron chi connectivity index (χ2n) is 4.36. The smallest absolute Gasteiger partial charge is 0.265 e. The number of carbonyl (C=O) groups excluding carboxylic acids is 1. The highest BCUT2D eigenvalue weighted by Gasteiger charge is 2.06. The van der Waals surface area contributed by atoms with Gasteiger partial charge in [0.1, 0.15) is 11.5 Å². The molecule has 1 heterocycles. The molecule has 1 aromatic heterocycles. The lowest BCUT2D eigenvalue weighted by Crippen LogP contribution is -2.10. The number of fused-ring (bicyclic) bond motifs is 1. The van der Waals surface area contributed by atoms with Gasteiger partial charge < -0.3 is 10.7 Å². The first-order valence-electron chi connectivity index (χ1n) is 5.82. The molecule has 0 radical (unpaired) electrons. The summed E-state index contributed by atoms with van der Waals surface area (Å²) in [7, 11) is 0. The Bertz CT molecular complexity index is 759. The van der Waals surface area contributed by atoms with Crippen LogP contribution in [-0.2, 0) is 0 Å². The number of primary amides is 1. The predicted octanol–water partition coefficient (Wildman–Crippen LogP) is 3.07. The number of benzene rings is 2. The van der Waals surface area contributed by atoms with Crippen molar-refractivity contribution < 1.29 is 9.18 Å². The van der Waals surface area contributed by atoms with Crippen molar-refractivity contribution >= 4 is 16.8 Å². The average Bonchev–Trinajstić information content (AvgIpc) is 2.82. The Morgan fingerprint density at radius 1 is 1.00 bits per heavy atom. The molecule has 0 saturated heterocycles. The van der Waals surface area contributed by atoms with Gasteiger partial charge in [0.05, 0.1) is 0 Å². The summed E-state index contributed by atoms with van der Waals surface area (Å²) in [6.45, 7) is 0. The van der Waals surface area contributed by atoms with Crippen molar-refractivity contribution in [2.45, 2.75) is 0 Å². The first-order valence-corrected chi connectivity index (χ1v) is 5.82. The molecule has 0 saturated carbocycles. The maximum Gasteiger partial charge on any atom is 0.265 e. The number of aromatic amines is 1. The number of carbonyl (C=O) groups is 1. The second-order valence-corrected chi connectivity index (χ2v) is 4.36. The van der Waals surface area contributed by atoms with Crippen LogP contribution >= 0.6 is 0 Å². The number of hydrogen-bond donors (Lipinski definition) is 2. The molecule has 0 bridgehead atoms. The fourth-order valence-corrected chi connectivity index (χ4v) is 2.08. The third-order valence-electron chi connectivity index (χ3n) is 3.07. The fourth-order valence-electron chi connectivity index (χ4n) is 2.08. The number of rotatable bonds is 2. The van der Waals surface area contributed by atoms with Gasteiger partial charge in [0.25, 0.3) is 5.91 Å². The summed E-state index contributed by atoms with van der Waals surface area (Å²) < 4.78 is 12.9. The van der Waals surface area contributed by atoms with E-state index in [0.29, 0.717) is 5.69 Å². The summed E-state index contributed by atoms with van der Waals surface area (Å²) in [5, 5.41) is 0.916. The Labute approximate surface area is 108 Å². The number of H-pyrrole nitrogens is 1. The number of amides is 1. The molecule has 4 heteroatoms. The van der Waals surface area contributed by atoms with Crippen LogP contribution in [0.25, 0.3) is 22.0 Å². The van der Waals surface area contributed by atoms with Crippen LogP contribution in [0.4, 0.5) is 4.39 Å². The van der Waals surface area contributed by atoms with Gasteiger partial charge >= 0.3 is 0 Å². The van der Waals surface area contributed by atoms with E-state index in [2.05, 4.69) is 4.98 Å². The molecule has 3 nitrogen and oxygen atoms in total. The molecular weight excluding hydrogens is 243 g/mol. The largest absolute Gasteiger partial charge is 0.364 e. The van der Waals surface area contributed by atoms with Crippen molar-refractivity contribution in [3.05, 3.63) is 60.0 Å². The first kappa shape index (κ1) is 11.5. The van der Waals surface area contributed by atoms with Crippen LogP contribution in [0.2, 0.25) is 0 Å². The van der Waals surface area contributed by atoms with E-state index >= 15 is 0 Å². The van der Waals surface area contributed by atoms with Crippen LogP contribution in [0.5, 0.6) is 0 Å². The van der Waals surface area contributed by atoms with E-state index in [1.165, 1.54) is 12.1 Å². The summed E-state index contributed by atoms with van der Waals surface area (Å²) in [4.78, 5) is 14.1. The minimum absolute atomic E-state index is 0.263. The molecule has 19 heavy (non-hydrogen) atoms. The van der Waals surface area contributed by atoms with E-state index in [4.69, 9.17) is 5.73 Å². The van der Waals surface area contributed by atoms with Crippen molar-refractivity contribution in [3.63, 3.8) is 0 Å². The van der Waals surface area contributed by atoms with E-state index in [1.54, 1.807) is 18.2 Å². The lowest BCUT2D eigenvalue weighted by molar-refractivity contribution is 0.0996. The van der Waals surface area contributed by atoms with Crippen LogP contribution < -0.4 is 5.73 Å². The third-order valence-corrected chi connectivity index (χ3v) is 3.07. The van der Waals surface area contributed by atoms with Gasteiger partial charge in [-0.05, 0) is 35.4 Å². The van der Waals surface area contributed by atoms with E-state index in [0.717, 1.165) is 22.0 Å². The van der Waals surface area contributed by atoms with E-state index < -0.39 is 5.91 Å². The molecule has 0 aliphatic heterocycles. The molecule has 0 atom stereocenters. The molecule has 0 unspecified atom stereocenters. The van der Waals surface area contributed by atoms with E-state index in [9.17, 15) is 9.18 Å². The lowest BCUT2D eigenvalue weighted by Gasteiger charge is -2.01. The fraction of sp³-hybridized carbons (Fsp3) is 0. The highest BCUT2D eigenvalue weighted by Crippen LogP contribution is 2.24. The minimum Gasteiger partial charge on any atom is -0.364 e. The summed E-state index contributed by atoms with van der Waals surface area (Å²) in [5.74, 6) is -0.750. The maximum absolute atomic E-state index is 12.9. The monoisotopic (exact) mass is 254 g/mol. The zero-order valence-corrected chi connectivity index (χ0v) is 9.98. The second kappa shape index (κ2) is 4.24. The van der Waals surface area contributed by atoms with Crippen molar-refractivity contribution in [1.82, 2.24) is 4.98 Å². The van der Waals surface area contributed by atoms with E-state index in [1.807, 2.05) is 18.2 Å². The molecule has 0 aliphatic carbocycles. The van der Waals surface area contributed by atoms with Crippen LogP contribution in [0.1, 0.15) is 10.5 Å². The summed E-state index contributed by atoms with van der Waals surface area (Å²) in [6.07, 6.45) is 0. The van der Waals surface area contributed by atoms with Gasteiger partial charge in [-0.3, -0.25) is 4.79 Å². The molecule has 2 aromatic carbocycles. The van der Waals surface area contributed by atoms with Gasteiger partial charge in [0, 0.05) is 10.9 Å². The summed E-state index contributed by atoms with van der Waals surface area (Å²) >= 11 is 0. The molecule has 3 rings (SSSR count). The van der Waals surface area contributed by atoms with E-state index in [-0.39, 0.29) is 5.82 Å². The molecule has 1 amide bonds. The van der Waals surface area contributed by atoms with Gasteiger partial charge in [0.2, 0.25) is 0 Å². The van der Waals surface area contributed by atoms with Crippen molar-refractivity contribution in [3.8, 4) is 11.1 Å². The van der Waals surface area contributed by atoms with Crippen LogP contribution in [-0.4, -0.2) is 10.9 Å².